The van der Waals surface area contributed by atoms with Crippen molar-refractivity contribution in [2.75, 3.05) is 0 Å². The van der Waals surface area contributed by atoms with E-state index in [1.54, 1.807) is 12.1 Å². The van der Waals surface area contributed by atoms with Crippen LogP contribution in [0.1, 0.15) is 4.88 Å². The maximum atomic E-state index is 9.76. The van der Waals surface area contributed by atoms with Crippen molar-refractivity contribution in [3.8, 4) is 0 Å². The van der Waals surface area contributed by atoms with Gasteiger partial charge in [0.2, 0.25) is 6.29 Å². The summed E-state index contributed by atoms with van der Waals surface area (Å²) in [7, 11) is 0. The van der Waals surface area contributed by atoms with Gasteiger partial charge >= 0.3 is 0 Å². The second kappa shape index (κ2) is 4.03. The van der Waals surface area contributed by atoms with Gasteiger partial charge in [0.1, 0.15) is 0 Å². The molecule has 0 spiro atoms. The molecule has 0 amide bonds. The van der Waals surface area contributed by atoms with Gasteiger partial charge in [-0.15, -0.1) is 21.5 Å². The van der Waals surface area contributed by atoms with Crippen molar-refractivity contribution in [2.24, 2.45) is 0 Å². The van der Waals surface area contributed by atoms with Gasteiger partial charge in [0, 0.05) is 11.3 Å². The molecule has 0 aliphatic heterocycles. The molecule has 0 saturated carbocycles. The van der Waals surface area contributed by atoms with Crippen molar-refractivity contribution in [3.05, 3.63) is 32.5 Å². The average Bonchev–Trinajstić information content (AvgIpc) is 2.37. The van der Waals surface area contributed by atoms with Crippen LogP contribution in [0, 0.1) is 10.1 Å². The van der Waals surface area contributed by atoms with Crippen molar-refractivity contribution in [1.82, 2.24) is 0 Å². The monoisotopic (exact) mass is 189 g/mol. The number of nitrogens with zero attached hydrogens (tertiary/aromatic N) is 1. The Kier molecular flexibility index (Phi) is 3.01. The first kappa shape index (κ1) is 8.95. The Hall–Kier alpha value is -1.14. The molecule has 1 unspecified atom stereocenters. The van der Waals surface area contributed by atoms with Gasteiger partial charge in [0.25, 0.3) is 5.09 Å². The summed E-state index contributed by atoms with van der Waals surface area (Å²) in [5.74, 6) is 0. The molecule has 1 aromatic heterocycles. The Morgan fingerprint density at radius 3 is 3.08 bits per heavy atom. The van der Waals surface area contributed by atoms with E-state index in [2.05, 4.69) is 4.84 Å². The molecule has 1 N–H and O–H groups in total. The van der Waals surface area contributed by atoms with E-state index < -0.39 is 11.4 Å². The van der Waals surface area contributed by atoms with Crippen LogP contribution in [0.3, 0.4) is 0 Å². The summed E-state index contributed by atoms with van der Waals surface area (Å²) in [6.45, 7) is 0. The number of hydrogen-bond donors (Lipinski definition) is 1. The van der Waals surface area contributed by atoms with Crippen LogP contribution in [0.25, 0.3) is 0 Å². The summed E-state index contributed by atoms with van der Waals surface area (Å²) in [4.78, 5) is 14.5. The van der Waals surface area contributed by atoms with E-state index in [1.807, 2.05) is 5.38 Å². The molecule has 6 heteroatoms. The van der Waals surface area contributed by atoms with E-state index >= 15 is 0 Å². The minimum absolute atomic E-state index is 0.151. The Labute approximate surface area is 72.3 Å². The van der Waals surface area contributed by atoms with Crippen LogP contribution in [-0.2, 0) is 11.3 Å². The van der Waals surface area contributed by atoms with Crippen LogP contribution >= 0.6 is 11.3 Å². The minimum Gasteiger partial charge on any atom is -0.368 e. The maximum Gasteiger partial charge on any atom is 0.297 e. The van der Waals surface area contributed by atoms with Gasteiger partial charge in [-0.3, -0.25) is 4.84 Å². The highest BCUT2D eigenvalue weighted by Crippen LogP contribution is 2.11. The lowest BCUT2D eigenvalue weighted by atomic mass is 10.3. The number of aliphatic hydroxyl groups is 1. The van der Waals surface area contributed by atoms with Crippen molar-refractivity contribution in [2.45, 2.75) is 12.7 Å². The molecule has 0 aliphatic carbocycles. The number of aliphatic hydroxyl groups excluding tert-OH is 1. The van der Waals surface area contributed by atoms with Crippen LogP contribution in [0.2, 0.25) is 0 Å². The van der Waals surface area contributed by atoms with Crippen molar-refractivity contribution >= 4 is 11.3 Å². The van der Waals surface area contributed by atoms with Crippen molar-refractivity contribution in [1.29, 1.82) is 0 Å². The second-order valence-electron chi connectivity index (χ2n) is 2.07. The first-order valence-corrected chi connectivity index (χ1v) is 4.08. The summed E-state index contributed by atoms with van der Waals surface area (Å²) < 4.78 is 0. The van der Waals surface area contributed by atoms with Gasteiger partial charge in [-0.05, 0) is 11.4 Å². The zero-order valence-electron chi connectivity index (χ0n) is 6.04. The second-order valence-corrected chi connectivity index (χ2v) is 3.10. The van der Waals surface area contributed by atoms with Crippen LogP contribution in [0.15, 0.2) is 17.5 Å². The van der Waals surface area contributed by atoms with Crippen molar-refractivity contribution < 1.29 is 15.0 Å². The highest BCUT2D eigenvalue weighted by Gasteiger charge is 2.09. The maximum absolute atomic E-state index is 9.76. The molecular weight excluding hydrogens is 182 g/mol. The highest BCUT2D eigenvalue weighted by molar-refractivity contribution is 7.09. The lowest BCUT2D eigenvalue weighted by Crippen LogP contribution is -2.18. The van der Waals surface area contributed by atoms with Crippen LogP contribution in [0.5, 0.6) is 0 Å². The van der Waals surface area contributed by atoms with Gasteiger partial charge < -0.3 is 5.11 Å². The molecule has 0 aliphatic rings. The number of thiophene rings is 1. The molecule has 66 valence electrons. The van der Waals surface area contributed by atoms with Crippen molar-refractivity contribution in [3.63, 3.8) is 0 Å². The lowest BCUT2D eigenvalue weighted by Gasteiger charge is -2.05. The standard InChI is InChI=1S/C6H7NO4S/c8-6(11-7(9)10)4-5-2-1-3-12-5/h1-3,6,8H,4H2. The summed E-state index contributed by atoms with van der Waals surface area (Å²) in [6.07, 6.45) is -1.21. The average molecular weight is 189 g/mol. The third-order valence-corrected chi connectivity index (χ3v) is 2.06. The molecular formula is C6H7NO4S. The van der Waals surface area contributed by atoms with Gasteiger partial charge in [-0.2, -0.15) is 0 Å². The summed E-state index contributed by atoms with van der Waals surface area (Å²) in [5.41, 5.74) is 0. The SMILES string of the molecule is O=[N+]([O-])OC(O)Cc1cccs1. The Morgan fingerprint density at radius 1 is 1.83 bits per heavy atom. The third-order valence-electron chi connectivity index (χ3n) is 1.16. The van der Waals surface area contributed by atoms with Gasteiger partial charge in [0.15, 0.2) is 0 Å². The molecule has 0 fully saturated rings. The Balaban J connectivity index is 2.36. The van der Waals surface area contributed by atoms with E-state index in [0.29, 0.717) is 0 Å². The van der Waals surface area contributed by atoms with Crippen LogP contribution in [-0.4, -0.2) is 16.5 Å². The van der Waals surface area contributed by atoms with Crippen LogP contribution < -0.4 is 0 Å². The lowest BCUT2D eigenvalue weighted by molar-refractivity contribution is -0.779. The molecule has 1 aromatic rings. The van der Waals surface area contributed by atoms with Crippen LogP contribution in [0.4, 0.5) is 0 Å². The topological polar surface area (TPSA) is 72.6 Å². The normalized spacial score (nSPS) is 12.4. The third kappa shape index (κ3) is 2.85. The Bertz CT molecular complexity index is 248. The van der Waals surface area contributed by atoms with Gasteiger partial charge in [-0.25, -0.2) is 0 Å². The predicted molar refractivity (Wildman–Crippen MR) is 42.1 cm³/mol. The molecule has 1 heterocycles. The smallest absolute Gasteiger partial charge is 0.297 e. The van der Waals surface area contributed by atoms with E-state index in [0.717, 1.165) is 4.88 Å². The first-order chi connectivity index (χ1) is 5.68. The molecule has 1 atom stereocenters. The van der Waals surface area contributed by atoms with Gasteiger partial charge in [-0.1, -0.05) is 6.07 Å². The van der Waals surface area contributed by atoms with E-state index in [1.165, 1.54) is 11.3 Å². The predicted octanol–water partition coefficient (Wildman–Crippen LogP) is 0.817. The summed E-state index contributed by atoms with van der Waals surface area (Å²) in [6, 6.07) is 3.58. The molecule has 0 bridgehead atoms. The van der Waals surface area contributed by atoms with E-state index in [9.17, 15) is 10.1 Å². The summed E-state index contributed by atoms with van der Waals surface area (Å²) >= 11 is 1.42. The fraction of sp³-hybridized carbons (Fsp3) is 0.333. The molecule has 5 nitrogen and oxygen atoms in total. The molecule has 1 rings (SSSR count). The quantitative estimate of drug-likeness (QED) is 0.432. The Morgan fingerprint density at radius 2 is 2.58 bits per heavy atom. The summed E-state index contributed by atoms with van der Waals surface area (Å²) in [5, 5.41) is 19.5. The molecule has 0 radical (unpaired) electrons. The molecule has 12 heavy (non-hydrogen) atoms. The molecule has 0 aromatic carbocycles. The number of rotatable bonds is 4. The number of hydrogen-bond acceptors (Lipinski definition) is 5. The van der Waals surface area contributed by atoms with Gasteiger partial charge in [0.05, 0.1) is 0 Å². The zero-order chi connectivity index (χ0) is 8.97. The fourth-order valence-electron chi connectivity index (χ4n) is 0.737. The molecule has 0 saturated heterocycles. The minimum atomic E-state index is -1.36. The first-order valence-electron chi connectivity index (χ1n) is 3.20. The van der Waals surface area contributed by atoms with E-state index in [-0.39, 0.29) is 6.42 Å². The van der Waals surface area contributed by atoms with E-state index in [4.69, 9.17) is 5.11 Å². The largest absolute Gasteiger partial charge is 0.368 e. The zero-order valence-corrected chi connectivity index (χ0v) is 6.86. The fourth-order valence-corrected chi connectivity index (χ4v) is 1.47. The highest BCUT2D eigenvalue weighted by atomic mass is 32.1.